The van der Waals surface area contributed by atoms with Crippen molar-refractivity contribution >= 4 is 12.0 Å². The van der Waals surface area contributed by atoms with E-state index in [0.717, 1.165) is 0 Å². The Morgan fingerprint density at radius 2 is 2.00 bits per heavy atom. The van der Waals surface area contributed by atoms with Crippen molar-refractivity contribution in [2.24, 2.45) is 0 Å². The van der Waals surface area contributed by atoms with Gasteiger partial charge in [0.25, 0.3) is 0 Å². The zero-order valence-corrected chi connectivity index (χ0v) is 11.0. The average Bonchev–Trinajstić information content (AvgIpc) is 2.27. The van der Waals surface area contributed by atoms with Crippen molar-refractivity contribution in [1.29, 1.82) is 0 Å². The molecule has 0 aliphatic rings. The van der Waals surface area contributed by atoms with Gasteiger partial charge in [-0.1, -0.05) is 0 Å². The second-order valence-corrected chi connectivity index (χ2v) is 4.22. The highest BCUT2D eigenvalue weighted by Crippen LogP contribution is 1.92. The van der Waals surface area contributed by atoms with Gasteiger partial charge in [0.2, 0.25) is 0 Å². The number of aliphatic hydroxyl groups is 1. The highest BCUT2D eigenvalue weighted by atomic mass is 16.5. The monoisotopic (exact) mass is 262 g/mol. The first kappa shape index (κ1) is 16.7. The van der Waals surface area contributed by atoms with Gasteiger partial charge < -0.3 is 25.2 Å². The molecule has 7 heteroatoms. The van der Waals surface area contributed by atoms with E-state index in [-0.39, 0.29) is 25.1 Å². The number of nitrogens with one attached hydrogen (secondary N) is 1. The van der Waals surface area contributed by atoms with E-state index in [9.17, 15) is 9.59 Å². The number of aliphatic carboxylic acids is 1. The van der Waals surface area contributed by atoms with E-state index in [2.05, 4.69) is 5.32 Å². The van der Waals surface area contributed by atoms with Gasteiger partial charge in [0.1, 0.15) is 0 Å². The SMILES string of the molecule is CC(C)OCCN(C)C(=O)NCCC(O)C(=O)O. The summed E-state index contributed by atoms with van der Waals surface area (Å²) in [7, 11) is 1.62. The molecule has 0 saturated carbocycles. The van der Waals surface area contributed by atoms with Crippen LogP contribution in [0, 0.1) is 0 Å². The molecule has 0 radical (unpaired) electrons. The minimum absolute atomic E-state index is 0.0165. The lowest BCUT2D eigenvalue weighted by atomic mass is 10.2. The number of hydrogen-bond donors (Lipinski definition) is 3. The van der Waals surface area contributed by atoms with Crippen molar-refractivity contribution in [3.8, 4) is 0 Å². The van der Waals surface area contributed by atoms with Crippen LogP contribution in [0.15, 0.2) is 0 Å². The molecule has 1 unspecified atom stereocenters. The fourth-order valence-corrected chi connectivity index (χ4v) is 1.10. The molecule has 3 N–H and O–H groups in total. The Bertz CT molecular complexity index is 270. The first-order valence-corrected chi connectivity index (χ1v) is 5.86. The molecule has 0 bridgehead atoms. The Morgan fingerprint density at radius 1 is 1.39 bits per heavy atom. The average molecular weight is 262 g/mol. The van der Waals surface area contributed by atoms with Gasteiger partial charge in [-0.05, 0) is 13.8 Å². The van der Waals surface area contributed by atoms with Crippen molar-refractivity contribution in [1.82, 2.24) is 10.2 Å². The molecule has 0 aliphatic heterocycles. The maximum Gasteiger partial charge on any atom is 0.332 e. The second-order valence-electron chi connectivity index (χ2n) is 4.22. The molecule has 2 amide bonds. The van der Waals surface area contributed by atoms with E-state index < -0.39 is 12.1 Å². The van der Waals surface area contributed by atoms with Gasteiger partial charge in [0.05, 0.1) is 12.7 Å². The summed E-state index contributed by atoms with van der Waals surface area (Å²) in [6, 6.07) is -0.319. The fourth-order valence-electron chi connectivity index (χ4n) is 1.10. The molecule has 0 aromatic heterocycles. The van der Waals surface area contributed by atoms with Gasteiger partial charge >= 0.3 is 12.0 Å². The first-order valence-electron chi connectivity index (χ1n) is 5.86. The van der Waals surface area contributed by atoms with Crippen molar-refractivity contribution in [3.63, 3.8) is 0 Å². The molecule has 0 aliphatic carbocycles. The molecule has 0 fully saturated rings. The van der Waals surface area contributed by atoms with E-state index in [1.165, 1.54) is 4.90 Å². The van der Waals surface area contributed by atoms with E-state index in [1.807, 2.05) is 13.8 Å². The van der Waals surface area contributed by atoms with E-state index >= 15 is 0 Å². The number of carboxylic acid groups (broad SMARTS) is 1. The van der Waals surface area contributed by atoms with Crippen molar-refractivity contribution in [2.45, 2.75) is 32.5 Å². The van der Waals surface area contributed by atoms with Gasteiger partial charge in [0.15, 0.2) is 6.10 Å². The summed E-state index contributed by atoms with van der Waals surface area (Å²) < 4.78 is 5.30. The topological polar surface area (TPSA) is 99.1 Å². The number of hydrogen-bond acceptors (Lipinski definition) is 4. The predicted octanol–water partition coefficient (Wildman–Crippen LogP) is -0.112. The molecule has 0 aromatic rings. The normalized spacial score (nSPS) is 12.3. The van der Waals surface area contributed by atoms with E-state index in [1.54, 1.807) is 7.05 Å². The molecule has 0 heterocycles. The fraction of sp³-hybridized carbons (Fsp3) is 0.818. The van der Waals surface area contributed by atoms with Crippen LogP contribution in [0.4, 0.5) is 4.79 Å². The standard InChI is InChI=1S/C11H22N2O5/c1-8(2)18-7-6-13(3)11(17)12-5-4-9(14)10(15)16/h8-9,14H,4-7H2,1-3H3,(H,12,17)(H,15,16). The summed E-state index contributed by atoms with van der Waals surface area (Å²) >= 11 is 0. The van der Waals surface area contributed by atoms with Crippen LogP contribution in [0.5, 0.6) is 0 Å². The van der Waals surface area contributed by atoms with Crippen molar-refractivity contribution in [2.75, 3.05) is 26.7 Å². The molecule has 0 aromatic carbocycles. The van der Waals surface area contributed by atoms with E-state index in [4.69, 9.17) is 14.9 Å². The maximum absolute atomic E-state index is 11.5. The smallest absolute Gasteiger partial charge is 0.332 e. The summed E-state index contributed by atoms with van der Waals surface area (Å²) in [6.45, 7) is 4.83. The lowest BCUT2D eigenvalue weighted by Gasteiger charge is -2.19. The van der Waals surface area contributed by atoms with Crippen LogP contribution in [0.2, 0.25) is 0 Å². The molecule has 18 heavy (non-hydrogen) atoms. The summed E-state index contributed by atoms with van der Waals surface area (Å²) in [5, 5.41) is 19.9. The predicted molar refractivity (Wildman–Crippen MR) is 65.4 cm³/mol. The molecular weight excluding hydrogens is 240 g/mol. The van der Waals surface area contributed by atoms with Gasteiger partial charge in [-0.25, -0.2) is 9.59 Å². The molecule has 1 atom stereocenters. The minimum atomic E-state index is -1.44. The number of amides is 2. The quantitative estimate of drug-likeness (QED) is 0.567. The zero-order valence-electron chi connectivity index (χ0n) is 11.0. The molecular formula is C11H22N2O5. The number of ether oxygens (including phenoxy) is 1. The van der Waals surface area contributed by atoms with Crippen molar-refractivity contribution in [3.05, 3.63) is 0 Å². The Hall–Kier alpha value is -1.34. The molecule has 0 saturated heterocycles. The summed E-state index contributed by atoms with van der Waals surface area (Å²) in [6.07, 6.45) is -1.34. The third kappa shape index (κ3) is 7.86. The number of rotatable bonds is 8. The number of likely N-dealkylation sites (N-methyl/N-ethyl adjacent to an activating group) is 1. The third-order valence-corrected chi connectivity index (χ3v) is 2.20. The number of carboxylic acids is 1. The van der Waals surface area contributed by atoms with Crippen LogP contribution in [0.1, 0.15) is 20.3 Å². The number of carbonyl (C=O) groups excluding carboxylic acids is 1. The Morgan fingerprint density at radius 3 is 2.50 bits per heavy atom. The highest BCUT2D eigenvalue weighted by molar-refractivity contribution is 5.74. The lowest BCUT2D eigenvalue weighted by Crippen LogP contribution is -2.40. The maximum atomic E-state index is 11.5. The molecule has 0 spiro atoms. The van der Waals surface area contributed by atoms with Gasteiger partial charge in [0, 0.05) is 26.6 Å². The van der Waals surface area contributed by atoms with E-state index in [0.29, 0.717) is 13.2 Å². The third-order valence-electron chi connectivity index (χ3n) is 2.20. The number of aliphatic hydroxyl groups excluding tert-OH is 1. The highest BCUT2D eigenvalue weighted by Gasteiger charge is 2.14. The first-order chi connectivity index (χ1) is 8.34. The summed E-state index contributed by atoms with van der Waals surface area (Å²) in [4.78, 5) is 23.3. The second kappa shape index (κ2) is 8.71. The van der Waals surface area contributed by atoms with Crippen LogP contribution >= 0.6 is 0 Å². The minimum Gasteiger partial charge on any atom is -0.479 e. The van der Waals surface area contributed by atoms with Crippen molar-refractivity contribution < 1.29 is 24.5 Å². The van der Waals surface area contributed by atoms with Crippen LogP contribution in [0.25, 0.3) is 0 Å². The molecule has 7 nitrogen and oxygen atoms in total. The molecule has 0 rings (SSSR count). The summed E-state index contributed by atoms with van der Waals surface area (Å²) in [5.41, 5.74) is 0. The number of urea groups is 1. The Kier molecular flexibility index (Phi) is 8.06. The number of carbonyl (C=O) groups is 2. The lowest BCUT2D eigenvalue weighted by molar-refractivity contribution is -0.146. The van der Waals surface area contributed by atoms with Crippen LogP contribution < -0.4 is 5.32 Å². The zero-order chi connectivity index (χ0) is 14.1. The Labute approximate surface area is 107 Å². The van der Waals surface area contributed by atoms with Gasteiger partial charge in [-0.3, -0.25) is 0 Å². The molecule has 106 valence electrons. The summed E-state index contributed by atoms with van der Waals surface area (Å²) in [5.74, 6) is -1.29. The number of nitrogens with zero attached hydrogens (tertiary/aromatic N) is 1. The largest absolute Gasteiger partial charge is 0.479 e. The van der Waals surface area contributed by atoms with Crippen LogP contribution in [-0.2, 0) is 9.53 Å². The van der Waals surface area contributed by atoms with Crippen LogP contribution in [-0.4, -0.2) is 66.1 Å². The van der Waals surface area contributed by atoms with Gasteiger partial charge in [-0.2, -0.15) is 0 Å². The van der Waals surface area contributed by atoms with Crippen LogP contribution in [0.3, 0.4) is 0 Å². The Balaban J connectivity index is 3.71. The van der Waals surface area contributed by atoms with Gasteiger partial charge in [-0.15, -0.1) is 0 Å².